The van der Waals surface area contributed by atoms with Gasteiger partial charge in [0.05, 0.1) is 11.1 Å². The molecule has 0 unspecified atom stereocenters. The summed E-state index contributed by atoms with van der Waals surface area (Å²) in [7, 11) is 0. The lowest BCUT2D eigenvalue weighted by Crippen LogP contribution is -2.17. The molecule has 2 aromatic rings. The number of ketones is 1. The van der Waals surface area contributed by atoms with Gasteiger partial charge in [0, 0.05) is 18.0 Å². The van der Waals surface area contributed by atoms with E-state index < -0.39 is 5.91 Å². The van der Waals surface area contributed by atoms with Crippen LogP contribution >= 0.6 is 0 Å². The topological polar surface area (TPSA) is 76.0 Å². The number of primary amides is 1. The maximum atomic E-state index is 11.6. The third kappa shape index (κ3) is 3.07. The summed E-state index contributed by atoms with van der Waals surface area (Å²) in [5.41, 5.74) is 8.06. The van der Waals surface area contributed by atoms with Gasteiger partial charge in [0.15, 0.2) is 5.78 Å². The minimum atomic E-state index is -0.415. The summed E-state index contributed by atoms with van der Waals surface area (Å²) in [6, 6.07) is 5.85. The van der Waals surface area contributed by atoms with Gasteiger partial charge >= 0.3 is 0 Å². The highest BCUT2D eigenvalue weighted by Crippen LogP contribution is 2.40. The Balaban J connectivity index is 1.89. The van der Waals surface area contributed by atoms with Gasteiger partial charge in [-0.1, -0.05) is 19.1 Å². The molecule has 0 radical (unpaired) electrons. The number of benzene rings is 1. The first kappa shape index (κ1) is 15.5. The smallest absolute Gasteiger partial charge is 0.250 e. The Morgan fingerprint density at radius 3 is 2.87 bits per heavy atom. The Hall–Kier alpha value is -2.36. The van der Waals surface area contributed by atoms with Crippen molar-refractivity contribution in [3.63, 3.8) is 0 Å². The van der Waals surface area contributed by atoms with E-state index in [0.717, 1.165) is 36.6 Å². The number of H-pyrrole nitrogens is 1. The number of rotatable bonds is 5. The number of aromatic nitrogens is 1. The lowest BCUT2D eigenvalue weighted by Gasteiger charge is -2.29. The van der Waals surface area contributed by atoms with Crippen LogP contribution in [0.5, 0.6) is 0 Å². The number of amides is 1. The molecule has 120 valence electrons. The Kier molecular flexibility index (Phi) is 4.33. The molecular weight excluding hydrogens is 288 g/mol. The maximum Gasteiger partial charge on any atom is 0.250 e. The van der Waals surface area contributed by atoms with E-state index in [9.17, 15) is 9.59 Å². The van der Waals surface area contributed by atoms with Crippen molar-refractivity contribution in [2.75, 3.05) is 0 Å². The van der Waals surface area contributed by atoms with Crippen molar-refractivity contribution in [1.82, 2.24) is 4.98 Å². The maximum absolute atomic E-state index is 11.6. The van der Waals surface area contributed by atoms with Crippen LogP contribution in [0.4, 0.5) is 0 Å². The van der Waals surface area contributed by atoms with Crippen LogP contribution in [0.2, 0.25) is 0 Å². The van der Waals surface area contributed by atoms with Crippen molar-refractivity contribution in [3.05, 3.63) is 48.2 Å². The molecule has 3 N–H and O–H groups in total. The van der Waals surface area contributed by atoms with Crippen LogP contribution in [0.25, 0.3) is 10.9 Å². The van der Waals surface area contributed by atoms with Gasteiger partial charge in [-0.15, -0.1) is 0 Å². The molecule has 1 heterocycles. The number of allylic oxidation sites excluding steroid dienone is 1. The van der Waals surface area contributed by atoms with E-state index in [1.165, 1.54) is 11.6 Å². The second-order valence-corrected chi connectivity index (χ2v) is 6.44. The van der Waals surface area contributed by atoms with E-state index in [-0.39, 0.29) is 5.78 Å². The van der Waals surface area contributed by atoms with Gasteiger partial charge in [0.25, 0.3) is 5.91 Å². The van der Waals surface area contributed by atoms with Crippen LogP contribution in [0, 0.1) is 5.92 Å². The first-order valence-electron chi connectivity index (χ1n) is 8.15. The van der Waals surface area contributed by atoms with Crippen molar-refractivity contribution in [3.8, 4) is 0 Å². The quantitative estimate of drug-likeness (QED) is 0.826. The highest BCUT2D eigenvalue weighted by Gasteiger charge is 2.26. The largest absolute Gasteiger partial charge is 0.366 e. The average Bonchev–Trinajstić information content (AvgIpc) is 3.03. The van der Waals surface area contributed by atoms with Crippen LogP contribution in [-0.2, 0) is 4.79 Å². The Morgan fingerprint density at radius 2 is 2.13 bits per heavy atom. The molecule has 1 aliphatic carbocycles. The van der Waals surface area contributed by atoms with E-state index in [0.29, 0.717) is 23.8 Å². The van der Waals surface area contributed by atoms with Crippen LogP contribution in [0.15, 0.2) is 37.1 Å². The highest BCUT2D eigenvalue weighted by molar-refractivity contribution is 6.05. The molecule has 1 fully saturated rings. The van der Waals surface area contributed by atoms with Gasteiger partial charge < -0.3 is 10.7 Å². The van der Waals surface area contributed by atoms with Crippen LogP contribution in [0.1, 0.15) is 53.9 Å². The fraction of sp³-hybridized carbons (Fsp3) is 0.368. The molecule has 0 spiro atoms. The first-order valence-corrected chi connectivity index (χ1v) is 8.15. The average molecular weight is 310 g/mol. The van der Waals surface area contributed by atoms with Gasteiger partial charge in [-0.2, -0.15) is 0 Å². The molecule has 0 bridgehead atoms. The van der Waals surface area contributed by atoms with E-state index in [1.807, 2.05) is 24.4 Å². The summed E-state index contributed by atoms with van der Waals surface area (Å²) in [5.74, 6) is 0.560. The first-order chi connectivity index (χ1) is 11.1. The van der Waals surface area contributed by atoms with E-state index in [1.54, 1.807) is 0 Å². The Morgan fingerprint density at radius 1 is 1.30 bits per heavy atom. The molecule has 3 rings (SSSR count). The number of carbonyl (C=O) groups is 2. The zero-order valence-corrected chi connectivity index (χ0v) is 13.2. The number of fused-ring (bicyclic) bond motifs is 1. The molecule has 23 heavy (non-hydrogen) atoms. The van der Waals surface area contributed by atoms with E-state index in [2.05, 4.69) is 11.6 Å². The fourth-order valence-electron chi connectivity index (χ4n) is 3.87. The molecule has 1 aromatic heterocycles. The van der Waals surface area contributed by atoms with E-state index in [4.69, 9.17) is 5.73 Å². The molecule has 1 aromatic carbocycles. The van der Waals surface area contributed by atoms with Crippen molar-refractivity contribution < 1.29 is 9.59 Å². The number of hydrogen-bond donors (Lipinski definition) is 2. The molecule has 1 saturated carbocycles. The predicted octanol–water partition coefficient (Wildman–Crippen LogP) is 3.69. The van der Waals surface area contributed by atoms with Gasteiger partial charge in [-0.25, -0.2) is 0 Å². The zero-order valence-electron chi connectivity index (χ0n) is 13.2. The van der Waals surface area contributed by atoms with Gasteiger partial charge in [0.2, 0.25) is 0 Å². The summed E-state index contributed by atoms with van der Waals surface area (Å²) in [6.45, 7) is 3.57. The molecular formula is C19H22N2O2. The van der Waals surface area contributed by atoms with Gasteiger partial charge in [-0.05, 0) is 54.9 Å². The Bertz CT molecular complexity index is 760. The van der Waals surface area contributed by atoms with Crippen molar-refractivity contribution in [1.29, 1.82) is 0 Å². The molecule has 4 nitrogen and oxygen atoms in total. The Labute approximate surface area is 135 Å². The van der Waals surface area contributed by atoms with Gasteiger partial charge in [0.1, 0.15) is 0 Å². The number of nitrogens with two attached hydrogens (primary N) is 1. The molecule has 0 saturated heterocycles. The summed E-state index contributed by atoms with van der Waals surface area (Å²) in [4.78, 5) is 26.3. The second kappa shape index (κ2) is 6.41. The second-order valence-electron chi connectivity index (χ2n) is 6.44. The summed E-state index contributed by atoms with van der Waals surface area (Å²) < 4.78 is 0. The van der Waals surface area contributed by atoms with Crippen molar-refractivity contribution in [2.45, 2.75) is 38.0 Å². The third-order valence-corrected chi connectivity index (χ3v) is 4.96. The summed E-state index contributed by atoms with van der Waals surface area (Å²) in [6.07, 6.45) is 8.23. The molecule has 1 aliphatic rings. The van der Waals surface area contributed by atoms with Crippen molar-refractivity contribution in [2.24, 2.45) is 11.7 Å². The highest BCUT2D eigenvalue weighted by atomic mass is 16.1. The minimum Gasteiger partial charge on any atom is -0.366 e. The lowest BCUT2D eigenvalue weighted by molar-refractivity contribution is -0.115. The van der Waals surface area contributed by atoms with Gasteiger partial charge in [-0.3, -0.25) is 9.59 Å². The van der Waals surface area contributed by atoms with Crippen LogP contribution < -0.4 is 5.73 Å². The lowest BCUT2D eigenvalue weighted by atomic mass is 9.75. The number of nitrogens with one attached hydrogen (secondary N) is 1. The zero-order chi connectivity index (χ0) is 16.4. The van der Waals surface area contributed by atoms with Crippen LogP contribution in [-0.4, -0.2) is 16.7 Å². The normalized spacial score (nSPS) is 21.2. The number of hydrogen-bond acceptors (Lipinski definition) is 2. The predicted molar refractivity (Wildman–Crippen MR) is 91.3 cm³/mol. The summed E-state index contributed by atoms with van der Waals surface area (Å²) >= 11 is 0. The molecule has 1 amide bonds. The fourth-order valence-corrected chi connectivity index (χ4v) is 3.87. The standard InChI is InChI=1S/C19H22N2O2/c1-2-14(22)11-12-4-3-5-13(10-12)15-6-7-17(19(20)23)18-16(15)8-9-21-18/h2,6-9,12-13,21H,1,3-5,10-11H2,(H2,20,23)/t12-,13-/m0/s1. The van der Waals surface area contributed by atoms with Crippen LogP contribution in [0.3, 0.4) is 0 Å². The SMILES string of the molecule is C=CC(=O)C[C@H]1CCC[C@H](c2ccc(C(N)=O)c3[nH]ccc23)C1. The minimum absolute atomic E-state index is 0.131. The third-order valence-electron chi connectivity index (χ3n) is 4.96. The summed E-state index contributed by atoms with van der Waals surface area (Å²) in [5, 5.41) is 1.07. The molecule has 4 heteroatoms. The number of aromatic amines is 1. The van der Waals surface area contributed by atoms with Crippen molar-refractivity contribution >= 4 is 22.6 Å². The number of carbonyl (C=O) groups excluding carboxylic acids is 2. The molecule has 0 aliphatic heterocycles. The van der Waals surface area contributed by atoms with E-state index >= 15 is 0 Å². The monoisotopic (exact) mass is 310 g/mol. The molecule has 2 atom stereocenters.